The van der Waals surface area contributed by atoms with Crippen molar-refractivity contribution >= 4 is 17.7 Å². The van der Waals surface area contributed by atoms with E-state index in [-0.39, 0.29) is 5.91 Å². The van der Waals surface area contributed by atoms with E-state index in [9.17, 15) is 4.79 Å². The van der Waals surface area contributed by atoms with Crippen molar-refractivity contribution in [3.8, 4) is 0 Å². The Balaban J connectivity index is 1.48. The van der Waals surface area contributed by atoms with Gasteiger partial charge in [-0.05, 0) is 25.3 Å². The molecule has 1 aliphatic heterocycles. The van der Waals surface area contributed by atoms with Crippen LogP contribution in [0.4, 0.5) is 11.8 Å². The van der Waals surface area contributed by atoms with Gasteiger partial charge in [-0.1, -0.05) is 30.3 Å². The Morgan fingerprint density at radius 2 is 2.04 bits per heavy atom. The highest BCUT2D eigenvalue weighted by Gasteiger charge is 2.18. The number of nitrogens with zero attached hydrogens (tertiary/aromatic N) is 3. The molecule has 1 aromatic heterocycles. The summed E-state index contributed by atoms with van der Waals surface area (Å²) in [5.74, 6) is 1.74. The second kappa shape index (κ2) is 8.46. The van der Waals surface area contributed by atoms with E-state index in [0.29, 0.717) is 12.4 Å². The predicted octanol–water partition coefficient (Wildman–Crippen LogP) is 2.82. The lowest BCUT2D eigenvalue weighted by molar-refractivity contribution is -0.127. The van der Waals surface area contributed by atoms with Gasteiger partial charge in [0.2, 0.25) is 11.9 Å². The zero-order valence-electron chi connectivity index (χ0n) is 14.7. The van der Waals surface area contributed by atoms with Gasteiger partial charge in [0.05, 0.1) is 0 Å². The summed E-state index contributed by atoms with van der Waals surface area (Å²) in [5, 5.41) is 6.62. The Kier molecular flexibility index (Phi) is 5.82. The van der Waals surface area contributed by atoms with E-state index in [2.05, 4.69) is 32.7 Å². The van der Waals surface area contributed by atoms with Gasteiger partial charge in [-0.2, -0.15) is 4.98 Å². The molecular weight excluding hydrogens is 314 g/mol. The molecule has 25 heavy (non-hydrogen) atoms. The molecule has 6 heteroatoms. The third kappa shape index (κ3) is 4.92. The molecule has 0 spiro atoms. The Morgan fingerprint density at radius 1 is 1.20 bits per heavy atom. The predicted molar refractivity (Wildman–Crippen MR) is 99.5 cm³/mol. The average molecular weight is 339 g/mol. The van der Waals surface area contributed by atoms with Crippen LogP contribution in [0.25, 0.3) is 0 Å². The summed E-state index contributed by atoms with van der Waals surface area (Å²) in [6.45, 7) is 5.18. The maximum absolute atomic E-state index is 11.6. The van der Waals surface area contributed by atoms with Crippen LogP contribution in [0.2, 0.25) is 0 Å². The standard InChI is InChI=1S/C19H25N5O/c1-15-13-22-19(20-10-6-12-24-11-5-9-17(24)25)23-18(15)21-14-16-7-3-2-4-8-16/h2-4,7-8,13H,5-6,9-12,14H2,1H3,(H2,20,21,22,23). The van der Waals surface area contributed by atoms with Crippen molar-refractivity contribution in [2.45, 2.75) is 32.7 Å². The molecule has 3 rings (SSSR count). The summed E-state index contributed by atoms with van der Waals surface area (Å²) >= 11 is 0. The van der Waals surface area contributed by atoms with Crippen molar-refractivity contribution < 1.29 is 4.79 Å². The van der Waals surface area contributed by atoms with Crippen molar-refractivity contribution in [2.24, 2.45) is 0 Å². The molecule has 1 amide bonds. The highest BCUT2D eigenvalue weighted by Crippen LogP contribution is 2.14. The first kappa shape index (κ1) is 17.2. The minimum atomic E-state index is 0.277. The number of anilines is 2. The van der Waals surface area contributed by atoms with Crippen LogP contribution in [0, 0.1) is 6.92 Å². The second-order valence-electron chi connectivity index (χ2n) is 6.33. The molecule has 2 heterocycles. The molecule has 2 N–H and O–H groups in total. The molecule has 2 aromatic rings. The number of hydrogen-bond donors (Lipinski definition) is 2. The Hall–Kier alpha value is -2.63. The van der Waals surface area contributed by atoms with Crippen LogP contribution >= 0.6 is 0 Å². The van der Waals surface area contributed by atoms with Crippen LogP contribution in [0.3, 0.4) is 0 Å². The first-order chi connectivity index (χ1) is 12.2. The van der Waals surface area contributed by atoms with E-state index in [1.54, 1.807) is 0 Å². The topological polar surface area (TPSA) is 70.2 Å². The summed E-state index contributed by atoms with van der Waals surface area (Å²) < 4.78 is 0. The minimum Gasteiger partial charge on any atom is -0.366 e. The van der Waals surface area contributed by atoms with Crippen molar-refractivity contribution in [3.63, 3.8) is 0 Å². The van der Waals surface area contributed by atoms with E-state index in [1.807, 2.05) is 36.2 Å². The van der Waals surface area contributed by atoms with Gasteiger partial charge in [-0.25, -0.2) is 4.98 Å². The molecule has 0 unspecified atom stereocenters. The van der Waals surface area contributed by atoms with Crippen LogP contribution < -0.4 is 10.6 Å². The highest BCUT2D eigenvalue weighted by atomic mass is 16.2. The van der Waals surface area contributed by atoms with E-state index in [1.165, 1.54) is 5.56 Å². The van der Waals surface area contributed by atoms with Crippen LogP contribution in [-0.4, -0.2) is 40.4 Å². The van der Waals surface area contributed by atoms with Crippen LogP contribution in [0.1, 0.15) is 30.4 Å². The summed E-state index contributed by atoms with van der Waals surface area (Å²) in [5.41, 5.74) is 2.23. The van der Waals surface area contributed by atoms with E-state index in [4.69, 9.17) is 0 Å². The monoisotopic (exact) mass is 339 g/mol. The summed E-state index contributed by atoms with van der Waals surface area (Å²) in [6.07, 6.45) is 4.41. The number of aromatic nitrogens is 2. The van der Waals surface area contributed by atoms with Crippen molar-refractivity contribution in [1.29, 1.82) is 0 Å². The number of likely N-dealkylation sites (tertiary alicyclic amines) is 1. The highest BCUT2D eigenvalue weighted by molar-refractivity contribution is 5.78. The van der Waals surface area contributed by atoms with E-state index < -0.39 is 0 Å². The van der Waals surface area contributed by atoms with Gasteiger partial charge >= 0.3 is 0 Å². The molecule has 6 nitrogen and oxygen atoms in total. The van der Waals surface area contributed by atoms with Crippen molar-refractivity contribution in [2.75, 3.05) is 30.3 Å². The Bertz CT molecular complexity index is 704. The zero-order valence-corrected chi connectivity index (χ0v) is 14.7. The number of carbonyl (C=O) groups excluding carboxylic acids is 1. The second-order valence-corrected chi connectivity index (χ2v) is 6.33. The molecule has 0 aliphatic carbocycles. The quantitative estimate of drug-likeness (QED) is 0.724. The maximum Gasteiger partial charge on any atom is 0.224 e. The van der Waals surface area contributed by atoms with Crippen LogP contribution in [0.5, 0.6) is 0 Å². The van der Waals surface area contributed by atoms with Gasteiger partial charge in [0.25, 0.3) is 0 Å². The number of benzene rings is 1. The SMILES string of the molecule is Cc1cnc(NCCCN2CCCC2=O)nc1NCc1ccccc1. The van der Waals surface area contributed by atoms with Gasteiger partial charge in [0.15, 0.2) is 0 Å². The smallest absolute Gasteiger partial charge is 0.224 e. The van der Waals surface area contributed by atoms with Gasteiger partial charge < -0.3 is 15.5 Å². The maximum atomic E-state index is 11.6. The lowest BCUT2D eigenvalue weighted by Crippen LogP contribution is -2.27. The Labute approximate surface area is 148 Å². The first-order valence-electron chi connectivity index (χ1n) is 8.85. The van der Waals surface area contributed by atoms with Crippen molar-refractivity contribution in [1.82, 2.24) is 14.9 Å². The first-order valence-corrected chi connectivity index (χ1v) is 8.85. The molecule has 1 aromatic carbocycles. The van der Waals surface area contributed by atoms with Crippen LogP contribution in [-0.2, 0) is 11.3 Å². The summed E-state index contributed by atoms with van der Waals surface area (Å²) in [7, 11) is 0. The third-order valence-electron chi connectivity index (χ3n) is 4.33. The summed E-state index contributed by atoms with van der Waals surface area (Å²) in [6, 6.07) is 10.2. The number of aryl methyl sites for hydroxylation is 1. The zero-order chi connectivity index (χ0) is 17.5. The van der Waals surface area contributed by atoms with Crippen LogP contribution in [0.15, 0.2) is 36.5 Å². The normalized spacial score (nSPS) is 14.0. The van der Waals surface area contributed by atoms with Gasteiger partial charge in [0, 0.05) is 44.4 Å². The number of nitrogens with one attached hydrogen (secondary N) is 2. The Morgan fingerprint density at radius 3 is 2.80 bits per heavy atom. The summed E-state index contributed by atoms with van der Waals surface area (Å²) in [4.78, 5) is 22.4. The fraction of sp³-hybridized carbons (Fsp3) is 0.421. The lowest BCUT2D eigenvalue weighted by Gasteiger charge is -2.15. The molecule has 1 aliphatic rings. The molecule has 0 atom stereocenters. The number of carbonyl (C=O) groups is 1. The third-order valence-corrected chi connectivity index (χ3v) is 4.33. The molecule has 0 radical (unpaired) electrons. The molecule has 132 valence electrons. The number of amides is 1. The minimum absolute atomic E-state index is 0.277. The molecule has 1 saturated heterocycles. The fourth-order valence-electron chi connectivity index (χ4n) is 2.90. The van der Waals surface area contributed by atoms with Gasteiger partial charge in [-0.3, -0.25) is 4.79 Å². The van der Waals surface area contributed by atoms with Crippen molar-refractivity contribution in [3.05, 3.63) is 47.7 Å². The average Bonchev–Trinajstić information content (AvgIpc) is 3.04. The van der Waals surface area contributed by atoms with E-state index >= 15 is 0 Å². The molecule has 0 saturated carbocycles. The molecule has 0 bridgehead atoms. The lowest BCUT2D eigenvalue weighted by atomic mass is 10.2. The molecular formula is C19H25N5O. The van der Waals surface area contributed by atoms with Gasteiger partial charge in [-0.15, -0.1) is 0 Å². The number of rotatable bonds is 8. The van der Waals surface area contributed by atoms with E-state index in [0.717, 1.165) is 50.4 Å². The van der Waals surface area contributed by atoms with Gasteiger partial charge in [0.1, 0.15) is 5.82 Å². The largest absolute Gasteiger partial charge is 0.366 e. The number of hydrogen-bond acceptors (Lipinski definition) is 5. The molecule has 1 fully saturated rings. The fourth-order valence-corrected chi connectivity index (χ4v) is 2.90.